The first-order valence-electron chi connectivity index (χ1n) is 46.3. The van der Waals surface area contributed by atoms with Crippen LogP contribution in [0.25, 0.3) is 187 Å². The Hall–Kier alpha value is -7.92. The Kier molecular flexibility index (Phi) is 28.5. The predicted octanol–water partition coefficient (Wildman–Crippen LogP) is 38.5. The molecule has 0 N–H and O–H groups in total. The Morgan fingerprint density at radius 2 is 0.286 bits per heavy atom. The van der Waals surface area contributed by atoms with Gasteiger partial charge in [-0.1, -0.05) is 157 Å². The average molecular weight is 1870 g/mol. The molecule has 0 aliphatic heterocycles. The minimum atomic E-state index is 0.658. The first-order valence-corrected chi connectivity index (χ1v) is 56.1. The third-order valence-corrected chi connectivity index (χ3v) is 39.2. The monoisotopic (exact) mass is 1870 g/mol. The fourth-order valence-electron chi connectivity index (χ4n) is 17.4. The molecule has 0 aliphatic carbocycles. The van der Waals surface area contributed by atoms with Crippen LogP contribution in [-0.2, 0) is 38.5 Å². The van der Waals surface area contributed by atoms with E-state index in [2.05, 4.69) is 224 Å². The molecule has 642 valence electrons. The molecule has 0 spiro atoms. The predicted molar refractivity (Wildman–Crippen MR) is 565 cm³/mol. The van der Waals surface area contributed by atoms with Crippen molar-refractivity contribution >= 4 is 202 Å². The van der Waals surface area contributed by atoms with Gasteiger partial charge in [-0.25, -0.2) is 29.9 Å². The second kappa shape index (κ2) is 41.0. The van der Waals surface area contributed by atoms with Crippen LogP contribution in [0.4, 0.5) is 0 Å². The van der Waals surface area contributed by atoms with E-state index >= 15 is 0 Å². The molecular formula is C108H108N6S12. The summed E-state index contributed by atoms with van der Waals surface area (Å²) in [4.78, 5) is 67.3. The van der Waals surface area contributed by atoms with Crippen molar-refractivity contribution in [2.45, 2.75) is 234 Å². The molecule has 0 radical (unpaired) electrons. The SMILES string of the molecule is CCCCCCc1ccc(-c2ccc(-c3cc4nc5c6nc7cc(-c8ccc(-c9ccc(CCCCCC)s9)s8)c(-c8ccc(-c9ccc(CCCCCC)s9)s8)cc7nc6c6nc7cc(-c8ccc(-c9ccc(CCCCCC)s9)s8)c(-c8ccc(-c9ccc(CCCCCC)s9)s8)cc7nc6c5nc4cc3-c3ccc(-c4ccc(CCCCCC)s4)s3)s2)s1. The highest BCUT2D eigenvalue weighted by molar-refractivity contribution is 7.27. The maximum Gasteiger partial charge on any atom is 0.120 e. The number of unbranched alkanes of at least 4 members (excludes halogenated alkanes) is 18. The summed E-state index contributed by atoms with van der Waals surface area (Å²) in [6.45, 7) is 13.8. The summed E-state index contributed by atoms with van der Waals surface area (Å²) in [5.41, 5.74) is 15.5. The van der Waals surface area contributed by atoms with Crippen molar-refractivity contribution in [3.05, 3.63) is 211 Å². The first-order chi connectivity index (χ1) is 62.1. The minimum absolute atomic E-state index is 0.658. The highest BCUT2D eigenvalue weighted by Gasteiger charge is 2.27. The van der Waals surface area contributed by atoms with Crippen molar-refractivity contribution in [3.8, 4) is 121 Å². The van der Waals surface area contributed by atoms with Crippen LogP contribution in [0.1, 0.15) is 225 Å². The topological polar surface area (TPSA) is 77.3 Å². The van der Waals surface area contributed by atoms with Gasteiger partial charge in [-0.05, 0) is 259 Å². The molecule has 19 aromatic rings. The molecule has 4 aromatic carbocycles. The van der Waals surface area contributed by atoms with E-state index in [1.807, 2.05) is 136 Å². The number of aryl methyl sites for hydroxylation is 6. The van der Waals surface area contributed by atoms with Gasteiger partial charge in [0.1, 0.15) is 33.1 Å². The lowest BCUT2D eigenvalue weighted by Crippen LogP contribution is -2.00. The van der Waals surface area contributed by atoms with Gasteiger partial charge in [0.15, 0.2) is 0 Å². The molecule has 0 fully saturated rings. The summed E-state index contributed by atoms with van der Waals surface area (Å²) < 4.78 is 0. The molecular weight excluding hydrogens is 1770 g/mol. The van der Waals surface area contributed by atoms with Gasteiger partial charge < -0.3 is 0 Å². The molecule has 0 unspecified atom stereocenters. The minimum Gasteiger partial charge on any atom is -0.242 e. The fraction of sp³-hybridized carbons (Fsp3) is 0.333. The van der Waals surface area contributed by atoms with Gasteiger partial charge in [0.2, 0.25) is 0 Å². The molecule has 18 heteroatoms. The molecule has 6 nitrogen and oxygen atoms in total. The van der Waals surface area contributed by atoms with Crippen molar-refractivity contribution in [1.29, 1.82) is 0 Å². The Morgan fingerprint density at radius 3 is 0.437 bits per heavy atom. The summed E-state index contributed by atoms with van der Waals surface area (Å²) in [6.07, 6.45) is 37.0. The van der Waals surface area contributed by atoms with Crippen LogP contribution in [-0.4, -0.2) is 29.9 Å². The smallest absolute Gasteiger partial charge is 0.120 e. The molecule has 0 saturated heterocycles. The summed E-state index contributed by atoms with van der Waals surface area (Å²) in [6, 6.07) is 70.4. The molecule has 0 bridgehead atoms. The van der Waals surface area contributed by atoms with E-state index < -0.39 is 0 Å². The highest BCUT2D eigenvalue weighted by Crippen LogP contribution is 2.52. The first kappa shape index (κ1) is 87.4. The summed E-state index contributed by atoms with van der Waals surface area (Å²) in [7, 11) is 0. The lowest BCUT2D eigenvalue weighted by atomic mass is 10.0. The van der Waals surface area contributed by atoms with Crippen LogP contribution >= 0.6 is 136 Å². The zero-order valence-corrected chi connectivity index (χ0v) is 82.9. The molecule has 0 aliphatic rings. The largest absolute Gasteiger partial charge is 0.242 e. The standard InChI is InChI=1S/C108H108N6S12/c1-7-13-19-25-31-67-37-43-91(115-67)97-55-49-85(121-97)73-61-79-80(62-74(73)86-50-56-98(122-86)92-44-38-68(116-92)32-26-20-14-8-2)110-104-103(109-79)105-107(113-82-64-76(88-52-58-100(124-88)94-46-40-70(118-94)34-28-22-16-10-4)75(63-81(82)111-105)87-51-57-99(123-87)93-45-39-69(117-93)33-27-21-15-9-3)108-106(104)112-83-65-77(89-53-59-101(125-89)95-47-41-71(119-95)35-29-23-17-11-5)78(66-84(83)114-108)90-54-60-102(126-90)96-48-42-72(120-96)36-30-24-18-12-6/h37-66H,7-36H2,1-6H3. The van der Waals surface area contributed by atoms with E-state index in [1.54, 1.807) is 0 Å². The van der Waals surface area contributed by atoms with E-state index in [9.17, 15) is 0 Å². The highest BCUT2D eigenvalue weighted by atomic mass is 32.1. The summed E-state index contributed by atoms with van der Waals surface area (Å²) in [5.74, 6) is 0. The van der Waals surface area contributed by atoms with Gasteiger partial charge in [-0.3, -0.25) is 0 Å². The fourth-order valence-corrected chi connectivity index (χ4v) is 30.5. The quantitative estimate of drug-likeness (QED) is 0.0216. The zero-order chi connectivity index (χ0) is 85.4. The van der Waals surface area contributed by atoms with Crippen LogP contribution < -0.4 is 0 Å². The maximum absolute atomic E-state index is 5.95. The van der Waals surface area contributed by atoms with E-state index in [0.717, 1.165) is 105 Å². The average Bonchev–Trinajstić information content (AvgIpc) is 0.743. The molecule has 15 heterocycles. The summed E-state index contributed by atoms with van der Waals surface area (Å²) in [5, 5.41) is 0. The Labute approximate surface area is 790 Å². The van der Waals surface area contributed by atoms with Crippen LogP contribution in [0.2, 0.25) is 0 Å². The number of thiophene rings is 12. The number of fused-ring (bicyclic) bond motifs is 9. The number of hydrogen-bond donors (Lipinski definition) is 0. The molecule has 0 amide bonds. The normalized spacial score (nSPS) is 12.0. The van der Waals surface area contributed by atoms with Gasteiger partial charge in [0, 0.05) is 150 Å². The Balaban J connectivity index is 0.814. The zero-order valence-electron chi connectivity index (χ0n) is 73.1. The molecule has 126 heavy (non-hydrogen) atoms. The van der Waals surface area contributed by atoms with Crippen LogP contribution in [0, 0.1) is 0 Å². The second-order valence-corrected chi connectivity index (χ2v) is 47.4. The molecule has 0 saturated carbocycles. The second-order valence-electron chi connectivity index (χ2n) is 33.9. The van der Waals surface area contributed by atoms with E-state index in [4.69, 9.17) is 29.9 Å². The lowest BCUT2D eigenvalue weighted by Gasteiger charge is -2.14. The number of rotatable bonds is 42. The Bertz CT molecular complexity index is 5870. The third-order valence-electron chi connectivity index (χ3n) is 24.4. The van der Waals surface area contributed by atoms with Gasteiger partial charge >= 0.3 is 0 Å². The van der Waals surface area contributed by atoms with Crippen molar-refractivity contribution < 1.29 is 0 Å². The van der Waals surface area contributed by atoms with Gasteiger partial charge in [0.05, 0.1) is 33.1 Å². The van der Waals surface area contributed by atoms with Crippen molar-refractivity contribution in [2.24, 2.45) is 0 Å². The van der Waals surface area contributed by atoms with Crippen molar-refractivity contribution in [2.75, 3.05) is 0 Å². The maximum atomic E-state index is 5.95. The van der Waals surface area contributed by atoms with Gasteiger partial charge in [-0.15, -0.1) is 136 Å². The van der Waals surface area contributed by atoms with E-state index in [1.165, 1.54) is 271 Å². The van der Waals surface area contributed by atoms with Crippen LogP contribution in [0.3, 0.4) is 0 Å². The molecule has 15 aromatic heterocycles. The summed E-state index contributed by atoms with van der Waals surface area (Å²) >= 11 is 23.0. The molecule has 19 rings (SSSR count). The van der Waals surface area contributed by atoms with Crippen LogP contribution in [0.15, 0.2) is 182 Å². The third kappa shape index (κ3) is 19.6. The van der Waals surface area contributed by atoms with Crippen molar-refractivity contribution in [3.63, 3.8) is 0 Å². The number of benzene rings is 4. The van der Waals surface area contributed by atoms with Gasteiger partial charge in [0.25, 0.3) is 0 Å². The number of nitrogens with zero attached hydrogens (tertiary/aromatic N) is 6. The number of hydrogen-bond acceptors (Lipinski definition) is 18. The van der Waals surface area contributed by atoms with Crippen molar-refractivity contribution in [1.82, 2.24) is 29.9 Å². The Morgan fingerprint density at radius 1 is 0.151 bits per heavy atom. The van der Waals surface area contributed by atoms with E-state index in [0.29, 0.717) is 33.1 Å². The molecule has 0 atom stereocenters. The van der Waals surface area contributed by atoms with Gasteiger partial charge in [-0.2, -0.15) is 0 Å². The van der Waals surface area contributed by atoms with E-state index in [-0.39, 0.29) is 0 Å². The number of aromatic nitrogens is 6. The van der Waals surface area contributed by atoms with Crippen LogP contribution in [0.5, 0.6) is 0 Å². The lowest BCUT2D eigenvalue weighted by molar-refractivity contribution is 0.670.